The maximum atomic E-state index is 12.3. The van der Waals surface area contributed by atoms with Crippen molar-refractivity contribution in [2.75, 3.05) is 25.1 Å². The molecule has 6 nitrogen and oxygen atoms in total. The smallest absolute Gasteiger partial charge is 0.340 e. The van der Waals surface area contributed by atoms with Crippen LogP contribution in [0.25, 0.3) is 0 Å². The van der Waals surface area contributed by atoms with Crippen molar-refractivity contribution in [3.8, 4) is 0 Å². The van der Waals surface area contributed by atoms with Gasteiger partial charge in [-0.15, -0.1) is 0 Å². The molecule has 0 aliphatic carbocycles. The molecule has 1 saturated heterocycles. The van der Waals surface area contributed by atoms with Crippen molar-refractivity contribution in [2.45, 2.75) is 65.3 Å². The zero-order valence-electron chi connectivity index (χ0n) is 16.4. The standard InChI is InChI=1S/C19H29BrN2O4/c1-11(2)26-18(24)17(23)14-12(3)21-13(4)15(20)16(14)22-9-7-19(5,25-6)8-10-22/h11,17,23H,7-10H2,1-6H3/t17-/m0/s1. The number of methoxy groups -OCH3 is 1. The zero-order chi connectivity index (χ0) is 19.6. The molecule has 2 rings (SSSR count). The molecule has 1 atom stereocenters. The molecular formula is C19H29BrN2O4. The Kier molecular flexibility index (Phi) is 6.69. The number of aliphatic hydroxyl groups is 1. The van der Waals surface area contributed by atoms with E-state index in [-0.39, 0.29) is 11.7 Å². The Labute approximate surface area is 164 Å². The summed E-state index contributed by atoms with van der Waals surface area (Å²) >= 11 is 3.62. The van der Waals surface area contributed by atoms with Gasteiger partial charge in [0.05, 0.1) is 27.6 Å². The third-order valence-corrected chi connectivity index (χ3v) is 5.93. The molecule has 1 aliphatic heterocycles. The van der Waals surface area contributed by atoms with E-state index in [0.29, 0.717) is 11.3 Å². The fourth-order valence-corrected chi connectivity index (χ4v) is 3.83. The van der Waals surface area contributed by atoms with Crippen LogP contribution < -0.4 is 4.90 Å². The van der Waals surface area contributed by atoms with Crippen molar-refractivity contribution in [3.05, 3.63) is 21.4 Å². The van der Waals surface area contributed by atoms with E-state index in [4.69, 9.17) is 9.47 Å². The number of ether oxygens (including phenoxy) is 2. The SMILES string of the molecule is COC1(C)CCN(c2c(Br)c(C)nc(C)c2[C@H](O)C(=O)OC(C)C)CC1. The molecule has 0 unspecified atom stereocenters. The van der Waals surface area contributed by atoms with Crippen LogP contribution in [-0.2, 0) is 14.3 Å². The summed E-state index contributed by atoms with van der Waals surface area (Å²) in [5.74, 6) is -0.652. The van der Waals surface area contributed by atoms with Gasteiger partial charge in [-0.25, -0.2) is 4.79 Å². The van der Waals surface area contributed by atoms with Crippen LogP contribution in [0.1, 0.15) is 56.7 Å². The molecule has 1 N–H and O–H groups in total. The second kappa shape index (κ2) is 8.23. The van der Waals surface area contributed by atoms with E-state index in [2.05, 4.69) is 32.7 Å². The monoisotopic (exact) mass is 428 g/mol. The van der Waals surface area contributed by atoms with Crippen molar-refractivity contribution >= 4 is 27.6 Å². The van der Waals surface area contributed by atoms with Crippen LogP contribution in [0.5, 0.6) is 0 Å². The number of esters is 1. The highest BCUT2D eigenvalue weighted by Crippen LogP contribution is 2.40. The number of nitrogens with zero attached hydrogens (tertiary/aromatic N) is 2. The van der Waals surface area contributed by atoms with Crippen molar-refractivity contribution in [3.63, 3.8) is 0 Å². The van der Waals surface area contributed by atoms with E-state index in [9.17, 15) is 9.90 Å². The predicted octanol–water partition coefficient (Wildman–Crippen LogP) is 3.45. The van der Waals surface area contributed by atoms with Crippen molar-refractivity contribution in [2.24, 2.45) is 0 Å². The Balaban J connectivity index is 2.43. The summed E-state index contributed by atoms with van der Waals surface area (Å²) < 4.78 is 11.6. The Bertz CT molecular complexity index is 670. The normalized spacial score (nSPS) is 18.1. The number of aryl methyl sites for hydroxylation is 2. The average Bonchev–Trinajstić information content (AvgIpc) is 2.57. The number of carbonyl (C=O) groups excluding carboxylic acids is 1. The Morgan fingerprint density at radius 3 is 2.35 bits per heavy atom. The number of rotatable bonds is 5. The molecule has 146 valence electrons. The molecular weight excluding hydrogens is 400 g/mol. The molecule has 1 aliphatic rings. The number of pyridine rings is 1. The largest absolute Gasteiger partial charge is 0.461 e. The third-order valence-electron chi connectivity index (χ3n) is 4.98. The summed E-state index contributed by atoms with van der Waals surface area (Å²) in [4.78, 5) is 19.0. The quantitative estimate of drug-likeness (QED) is 0.723. The van der Waals surface area contributed by atoms with Crippen LogP contribution in [0, 0.1) is 13.8 Å². The van der Waals surface area contributed by atoms with Crippen molar-refractivity contribution in [1.82, 2.24) is 4.98 Å². The van der Waals surface area contributed by atoms with Crippen LogP contribution in [-0.4, -0.2) is 48.0 Å². The molecule has 7 heteroatoms. The van der Waals surface area contributed by atoms with Gasteiger partial charge in [0.1, 0.15) is 0 Å². The lowest BCUT2D eigenvalue weighted by atomic mass is 9.92. The van der Waals surface area contributed by atoms with E-state index in [1.54, 1.807) is 21.0 Å². The first-order valence-corrected chi connectivity index (χ1v) is 9.74. The Morgan fingerprint density at radius 2 is 1.85 bits per heavy atom. The van der Waals surface area contributed by atoms with Gasteiger partial charge >= 0.3 is 5.97 Å². The van der Waals surface area contributed by atoms with Crippen molar-refractivity contribution < 1.29 is 19.4 Å². The number of hydrogen-bond acceptors (Lipinski definition) is 6. The van der Waals surface area contributed by atoms with E-state index in [1.807, 2.05) is 13.8 Å². The molecule has 0 bridgehead atoms. The molecule has 1 aromatic heterocycles. The number of anilines is 1. The summed E-state index contributed by atoms with van der Waals surface area (Å²) in [6.07, 6.45) is 0.0673. The minimum absolute atomic E-state index is 0.143. The first kappa shape index (κ1) is 21.1. The van der Waals surface area contributed by atoms with E-state index in [1.165, 1.54) is 0 Å². The van der Waals surface area contributed by atoms with Gasteiger partial charge in [-0.3, -0.25) is 4.98 Å². The fourth-order valence-electron chi connectivity index (χ4n) is 3.28. The second-order valence-electron chi connectivity index (χ2n) is 7.39. The van der Waals surface area contributed by atoms with Crippen LogP contribution in [0.4, 0.5) is 5.69 Å². The van der Waals surface area contributed by atoms with Crippen molar-refractivity contribution in [1.29, 1.82) is 0 Å². The van der Waals surface area contributed by atoms with E-state index < -0.39 is 12.1 Å². The van der Waals surface area contributed by atoms with Gasteiger partial charge in [-0.1, -0.05) is 0 Å². The van der Waals surface area contributed by atoms with Gasteiger partial charge in [0, 0.05) is 31.5 Å². The van der Waals surface area contributed by atoms with Crippen LogP contribution in [0.3, 0.4) is 0 Å². The van der Waals surface area contributed by atoms with Crippen LogP contribution in [0.15, 0.2) is 4.47 Å². The number of halogens is 1. The summed E-state index contributed by atoms with van der Waals surface area (Å²) in [5.41, 5.74) is 2.64. The average molecular weight is 429 g/mol. The summed E-state index contributed by atoms with van der Waals surface area (Å²) in [6, 6.07) is 0. The third kappa shape index (κ3) is 4.38. The minimum Gasteiger partial charge on any atom is -0.461 e. The molecule has 26 heavy (non-hydrogen) atoms. The highest BCUT2D eigenvalue weighted by Gasteiger charge is 2.35. The molecule has 2 heterocycles. The minimum atomic E-state index is -1.37. The highest BCUT2D eigenvalue weighted by atomic mass is 79.9. The molecule has 1 aromatic rings. The molecule has 0 saturated carbocycles. The second-order valence-corrected chi connectivity index (χ2v) is 8.18. The summed E-state index contributed by atoms with van der Waals surface area (Å²) in [7, 11) is 1.74. The van der Waals surface area contributed by atoms with Crippen LogP contribution >= 0.6 is 15.9 Å². The summed E-state index contributed by atoms with van der Waals surface area (Å²) in [5, 5.41) is 10.7. The molecule has 0 spiro atoms. The lowest BCUT2D eigenvalue weighted by Crippen LogP contribution is -2.44. The Morgan fingerprint density at radius 1 is 1.27 bits per heavy atom. The van der Waals surface area contributed by atoms with Gasteiger partial charge in [0.25, 0.3) is 0 Å². The van der Waals surface area contributed by atoms with Gasteiger partial charge < -0.3 is 19.5 Å². The summed E-state index contributed by atoms with van der Waals surface area (Å²) in [6.45, 7) is 10.9. The lowest BCUT2D eigenvalue weighted by molar-refractivity contribution is -0.157. The molecule has 0 amide bonds. The van der Waals surface area contributed by atoms with Gasteiger partial charge in [0.15, 0.2) is 6.10 Å². The topological polar surface area (TPSA) is 71.9 Å². The zero-order valence-corrected chi connectivity index (χ0v) is 18.0. The number of piperidine rings is 1. The maximum absolute atomic E-state index is 12.3. The first-order chi connectivity index (χ1) is 12.1. The number of aliphatic hydroxyl groups excluding tert-OH is 1. The Hall–Kier alpha value is -1.18. The predicted molar refractivity (Wildman–Crippen MR) is 104 cm³/mol. The van der Waals surface area contributed by atoms with E-state index in [0.717, 1.165) is 41.8 Å². The van der Waals surface area contributed by atoms with Gasteiger partial charge in [-0.05, 0) is 63.4 Å². The van der Waals surface area contributed by atoms with E-state index >= 15 is 0 Å². The number of hydrogen-bond donors (Lipinski definition) is 1. The fraction of sp³-hybridized carbons (Fsp3) is 0.684. The van der Waals surface area contributed by atoms with Crippen LogP contribution in [0.2, 0.25) is 0 Å². The molecule has 0 aromatic carbocycles. The molecule has 1 fully saturated rings. The maximum Gasteiger partial charge on any atom is 0.340 e. The molecule has 0 radical (unpaired) electrons. The lowest BCUT2D eigenvalue weighted by Gasteiger charge is -2.41. The van der Waals surface area contributed by atoms with Gasteiger partial charge in [0.2, 0.25) is 0 Å². The number of aromatic nitrogens is 1. The first-order valence-electron chi connectivity index (χ1n) is 8.95. The highest BCUT2D eigenvalue weighted by molar-refractivity contribution is 9.10. The number of carbonyl (C=O) groups is 1. The van der Waals surface area contributed by atoms with Gasteiger partial charge in [-0.2, -0.15) is 0 Å².